The van der Waals surface area contributed by atoms with Crippen molar-refractivity contribution in [1.82, 2.24) is 9.97 Å². The first kappa shape index (κ1) is 13.1. The average Bonchev–Trinajstić information content (AvgIpc) is 2.41. The second-order valence-electron chi connectivity index (χ2n) is 4.09. The number of hydrogen-bond donors (Lipinski definition) is 1. The maximum absolute atomic E-state index is 8.87. The number of halogens is 1. The van der Waals surface area contributed by atoms with E-state index in [9.17, 15) is 0 Å². The number of anilines is 2. The highest BCUT2D eigenvalue weighted by Crippen LogP contribution is 2.21. The average molecular weight is 274 g/mol. The second kappa shape index (κ2) is 5.55. The fourth-order valence-electron chi connectivity index (χ4n) is 1.76. The largest absolute Gasteiger partial charge is 0.394 e. The lowest BCUT2D eigenvalue weighted by Crippen LogP contribution is -2.19. The number of nitriles is 1. The standard InChI is InChI=1S/C13H12ClN5/c1-19(12-11(16)7-17-13(14)18-12)8-10-4-2-3-9(5-10)6-15/h2-5,7H,8,16H2,1H3. The fraction of sp³-hybridized carbons (Fsp3) is 0.154. The van der Waals surface area contributed by atoms with Crippen molar-refractivity contribution in [3.63, 3.8) is 0 Å². The minimum absolute atomic E-state index is 0.154. The molecule has 0 bridgehead atoms. The molecule has 0 aliphatic heterocycles. The number of nitrogen functional groups attached to an aromatic ring is 1. The molecule has 2 N–H and O–H groups in total. The van der Waals surface area contributed by atoms with Gasteiger partial charge in [-0.3, -0.25) is 0 Å². The Morgan fingerprint density at radius 1 is 1.47 bits per heavy atom. The Kier molecular flexibility index (Phi) is 3.83. The van der Waals surface area contributed by atoms with Crippen molar-refractivity contribution in [2.75, 3.05) is 17.7 Å². The van der Waals surface area contributed by atoms with Crippen LogP contribution in [-0.4, -0.2) is 17.0 Å². The van der Waals surface area contributed by atoms with Gasteiger partial charge in [-0.15, -0.1) is 0 Å². The van der Waals surface area contributed by atoms with Crippen molar-refractivity contribution in [2.24, 2.45) is 0 Å². The first-order valence-corrected chi connectivity index (χ1v) is 5.96. The summed E-state index contributed by atoms with van der Waals surface area (Å²) in [6, 6.07) is 9.49. The third-order valence-corrected chi connectivity index (χ3v) is 2.79. The van der Waals surface area contributed by atoms with Crippen molar-refractivity contribution < 1.29 is 0 Å². The summed E-state index contributed by atoms with van der Waals surface area (Å²) in [4.78, 5) is 9.78. The van der Waals surface area contributed by atoms with E-state index in [1.54, 1.807) is 6.07 Å². The lowest BCUT2D eigenvalue weighted by atomic mass is 10.1. The molecule has 0 radical (unpaired) electrons. The van der Waals surface area contributed by atoms with Crippen LogP contribution in [0.5, 0.6) is 0 Å². The van der Waals surface area contributed by atoms with E-state index in [4.69, 9.17) is 22.6 Å². The van der Waals surface area contributed by atoms with E-state index in [2.05, 4.69) is 16.0 Å². The van der Waals surface area contributed by atoms with Crippen LogP contribution >= 0.6 is 11.6 Å². The first-order valence-electron chi connectivity index (χ1n) is 5.58. The second-order valence-corrected chi connectivity index (χ2v) is 4.42. The van der Waals surface area contributed by atoms with Gasteiger partial charge in [0.15, 0.2) is 5.82 Å². The van der Waals surface area contributed by atoms with Crippen molar-refractivity contribution in [3.8, 4) is 6.07 Å². The predicted molar refractivity (Wildman–Crippen MR) is 74.7 cm³/mol. The molecule has 6 heteroatoms. The van der Waals surface area contributed by atoms with Crippen LogP contribution in [0.1, 0.15) is 11.1 Å². The van der Waals surface area contributed by atoms with E-state index in [-0.39, 0.29) is 5.28 Å². The van der Waals surface area contributed by atoms with Gasteiger partial charge in [0, 0.05) is 13.6 Å². The summed E-state index contributed by atoms with van der Waals surface area (Å²) in [5, 5.41) is 9.03. The normalized spacial score (nSPS) is 9.95. The highest BCUT2D eigenvalue weighted by Gasteiger charge is 2.09. The summed E-state index contributed by atoms with van der Waals surface area (Å²) in [7, 11) is 1.86. The predicted octanol–water partition coefficient (Wildman–Crippen LogP) is 2.22. The van der Waals surface area contributed by atoms with Crippen LogP contribution < -0.4 is 10.6 Å². The van der Waals surface area contributed by atoms with E-state index >= 15 is 0 Å². The highest BCUT2D eigenvalue weighted by molar-refractivity contribution is 6.28. The minimum Gasteiger partial charge on any atom is -0.394 e. The quantitative estimate of drug-likeness (QED) is 0.868. The van der Waals surface area contributed by atoms with Gasteiger partial charge in [0.05, 0.1) is 23.5 Å². The third kappa shape index (κ3) is 3.12. The molecule has 1 aromatic carbocycles. The molecule has 0 saturated carbocycles. The molecule has 0 fully saturated rings. The Morgan fingerprint density at radius 3 is 3.00 bits per heavy atom. The van der Waals surface area contributed by atoms with Gasteiger partial charge in [-0.25, -0.2) is 4.98 Å². The molecule has 1 aromatic heterocycles. The van der Waals surface area contributed by atoms with Crippen molar-refractivity contribution in [3.05, 3.63) is 46.9 Å². The SMILES string of the molecule is CN(Cc1cccc(C#N)c1)c1nc(Cl)ncc1N. The number of aromatic nitrogens is 2. The summed E-state index contributed by atoms with van der Waals surface area (Å²) in [5.74, 6) is 0.572. The summed E-state index contributed by atoms with van der Waals surface area (Å²) in [5.41, 5.74) is 7.90. The van der Waals surface area contributed by atoms with Crippen LogP contribution in [0.25, 0.3) is 0 Å². The van der Waals surface area contributed by atoms with Crippen LogP contribution in [0.4, 0.5) is 11.5 Å². The van der Waals surface area contributed by atoms with E-state index in [0.717, 1.165) is 5.56 Å². The Hall–Kier alpha value is -2.32. The van der Waals surface area contributed by atoms with Crippen LogP contribution in [0.15, 0.2) is 30.5 Å². The first-order chi connectivity index (χ1) is 9.10. The third-order valence-electron chi connectivity index (χ3n) is 2.60. The van der Waals surface area contributed by atoms with Crippen molar-refractivity contribution >= 4 is 23.1 Å². The van der Waals surface area contributed by atoms with Crippen molar-refractivity contribution in [2.45, 2.75) is 6.54 Å². The summed E-state index contributed by atoms with van der Waals surface area (Å²) >= 11 is 5.76. The summed E-state index contributed by atoms with van der Waals surface area (Å²) in [6.45, 7) is 0.576. The number of hydrogen-bond acceptors (Lipinski definition) is 5. The highest BCUT2D eigenvalue weighted by atomic mass is 35.5. The van der Waals surface area contributed by atoms with Crippen LogP contribution in [0.2, 0.25) is 5.28 Å². The lowest BCUT2D eigenvalue weighted by Gasteiger charge is -2.19. The van der Waals surface area contributed by atoms with E-state index in [1.165, 1.54) is 6.20 Å². The number of benzene rings is 1. The molecule has 2 rings (SSSR count). The number of nitrogens with two attached hydrogens (primary N) is 1. The molecule has 2 aromatic rings. The van der Waals surface area contributed by atoms with Gasteiger partial charge >= 0.3 is 0 Å². The van der Waals surface area contributed by atoms with E-state index < -0.39 is 0 Å². The van der Waals surface area contributed by atoms with Gasteiger partial charge in [0.25, 0.3) is 0 Å². The molecule has 0 aliphatic rings. The smallest absolute Gasteiger partial charge is 0.224 e. The molecule has 0 saturated heterocycles. The van der Waals surface area contributed by atoms with Gasteiger partial charge in [0.1, 0.15) is 0 Å². The molecule has 0 spiro atoms. The van der Waals surface area contributed by atoms with Gasteiger partial charge in [-0.2, -0.15) is 10.2 Å². The van der Waals surface area contributed by atoms with Crippen molar-refractivity contribution in [1.29, 1.82) is 5.26 Å². The molecule has 19 heavy (non-hydrogen) atoms. The molecule has 5 nitrogen and oxygen atoms in total. The Morgan fingerprint density at radius 2 is 2.26 bits per heavy atom. The van der Waals surface area contributed by atoms with E-state index in [0.29, 0.717) is 23.6 Å². The van der Waals surface area contributed by atoms with Gasteiger partial charge in [-0.1, -0.05) is 12.1 Å². The topological polar surface area (TPSA) is 78.8 Å². The fourth-order valence-corrected chi connectivity index (χ4v) is 1.88. The number of nitrogens with zero attached hydrogens (tertiary/aromatic N) is 4. The maximum Gasteiger partial charge on any atom is 0.224 e. The monoisotopic (exact) mass is 273 g/mol. The van der Waals surface area contributed by atoms with Crippen LogP contribution in [-0.2, 0) is 6.54 Å². The van der Waals surface area contributed by atoms with Crippen LogP contribution in [0.3, 0.4) is 0 Å². The molecule has 0 aliphatic carbocycles. The number of rotatable bonds is 3. The Balaban J connectivity index is 2.23. The van der Waals surface area contributed by atoms with Gasteiger partial charge < -0.3 is 10.6 Å². The van der Waals surface area contributed by atoms with Gasteiger partial charge in [0.2, 0.25) is 5.28 Å². The summed E-state index contributed by atoms with van der Waals surface area (Å²) < 4.78 is 0. The van der Waals surface area contributed by atoms with Gasteiger partial charge in [-0.05, 0) is 29.3 Å². The minimum atomic E-state index is 0.154. The molecule has 96 valence electrons. The van der Waals surface area contributed by atoms with E-state index in [1.807, 2.05) is 30.1 Å². The lowest BCUT2D eigenvalue weighted by molar-refractivity contribution is 0.893. The molecule has 0 atom stereocenters. The summed E-state index contributed by atoms with van der Waals surface area (Å²) in [6.07, 6.45) is 1.48. The van der Waals surface area contributed by atoms with Crippen LogP contribution in [0, 0.1) is 11.3 Å². The molecular weight excluding hydrogens is 262 g/mol. The Bertz CT molecular complexity index is 635. The molecule has 0 amide bonds. The zero-order chi connectivity index (χ0) is 13.8. The Labute approximate surface area is 116 Å². The maximum atomic E-state index is 8.87. The zero-order valence-corrected chi connectivity index (χ0v) is 11.1. The molecule has 1 heterocycles. The molecule has 0 unspecified atom stereocenters. The zero-order valence-electron chi connectivity index (χ0n) is 10.3. The molecular formula is C13H12ClN5.